The van der Waals surface area contributed by atoms with Crippen molar-refractivity contribution in [3.8, 4) is 5.75 Å². The molecule has 0 atom stereocenters. The predicted molar refractivity (Wildman–Crippen MR) is 73.5 cm³/mol. The van der Waals surface area contributed by atoms with Crippen LogP contribution in [0, 0.1) is 0 Å². The molecule has 3 heteroatoms. The van der Waals surface area contributed by atoms with Gasteiger partial charge in [0.1, 0.15) is 5.75 Å². The minimum Gasteiger partial charge on any atom is -0.508 e. The third-order valence-electron chi connectivity index (χ3n) is 3.65. The number of aromatic hydroxyl groups is 1. The molecule has 3 nitrogen and oxygen atoms in total. The SMILES string of the molecule is O=C(CCc1ccc(O)c(C2CC2)c1)c1ccc[nH]1. The van der Waals surface area contributed by atoms with Gasteiger partial charge in [0.05, 0.1) is 5.69 Å². The molecule has 2 N–H and O–H groups in total. The number of aryl methyl sites for hydroxylation is 1. The van der Waals surface area contributed by atoms with Crippen molar-refractivity contribution >= 4 is 5.78 Å². The van der Waals surface area contributed by atoms with Crippen LogP contribution in [0.25, 0.3) is 0 Å². The van der Waals surface area contributed by atoms with E-state index in [1.165, 1.54) is 12.8 Å². The van der Waals surface area contributed by atoms with Gasteiger partial charge in [-0.3, -0.25) is 4.79 Å². The fourth-order valence-electron chi connectivity index (χ4n) is 2.38. The second-order valence-electron chi connectivity index (χ2n) is 5.17. The molecule has 1 heterocycles. The summed E-state index contributed by atoms with van der Waals surface area (Å²) in [4.78, 5) is 14.8. The summed E-state index contributed by atoms with van der Waals surface area (Å²) >= 11 is 0. The van der Waals surface area contributed by atoms with Crippen molar-refractivity contribution in [2.75, 3.05) is 0 Å². The quantitative estimate of drug-likeness (QED) is 0.804. The molecule has 3 rings (SSSR count). The first-order valence-corrected chi connectivity index (χ1v) is 6.72. The molecule has 0 spiro atoms. The maximum Gasteiger partial charge on any atom is 0.179 e. The van der Waals surface area contributed by atoms with Crippen LogP contribution in [-0.2, 0) is 6.42 Å². The van der Waals surface area contributed by atoms with Gasteiger partial charge < -0.3 is 10.1 Å². The highest BCUT2D eigenvalue weighted by atomic mass is 16.3. The second kappa shape index (κ2) is 4.92. The molecular weight excluding hydrogens is 238 g/mol. The molecule has 0 amide bonds. The number of rotatable bonds is 5. The fraction of sp³-hybridized carbons (Fsp3) is 0.312. The summed E-state index contributed by atoms with van der Waals surface area (Å²) in [5.74, 6) is 1.05. The second-order valence-corrected chi connectivity index (χ2v) is 5.17. The third kappa shape index (κ3) is 2.70. The topological polar surface area (TPSA) is 53.1 Å². The van der Waals surface area contributed by atoms with E-state index in [-0.39, 0.29) is 5.78 Å². The van der Waals surface area contributed by atoms with Gasteiger partial charge in [0.15, 0.2) is 5.78 Å². The first-order chi connectivity index (χ1) is 9.24. The molecule has 0 bridgehead atoms. The Balaban J connectivity index is 1.67. The van der Waals surface area contributed by atoms with Crippen LogP contribution in [0.15, 0.2) is 36.5 Å². The van der Waals surface area contributed by atoms with Crippen LogP contribution in [0.4, 0.5) is 0 Å². The van der Waals surface area contributed by atoms with Crippen molar-refractivity contribution in [2.45, 2.75) is 31.6 Å². The van der Waals surface area contributed by atoms with Gasteiger partial charge in [0, 0.05) is 12.6 Å². The molecule has 1 aliphatic rings. The summed E-state index contributed by atoms with van der Waals surface area (Å²) in [6.45, 7) is 0. The molecule has 2 aromatic rings. The van der Waals surface area contributed by atoms with E-state index >= 15 is 0 Å². The summed E-state index contributed by atoms with van der Waals surface area (Å²) in [6.07, 6.45) is 5.31. The zero-order chi connectivity index (χ0) is 13.2. The Hall–Kier alpha value is -2.03. The highest BCUT2D eigenvalue weighted by Gasteiger charge is 2.26. The number of phenols is 1. The molecule has 1 saturated carbocycles. The van der Waals surface area contributed by atoms with Crippen LogP contribution in [0.3, 0.4) is 0 Å². The molecule has 0 aliphatic heterocycles. The Morgan fingerprint density at radius 1 is 1.32 bits per heavy atom. The monoisotopic (exact) mass is 255 g/mol. The van der Waals surface area contributed by atoms with Crippen molar-refractivity contribution in [3.05, 3.63) is 53.3 Å². The lowest BCUT2D eigenvalue weighted by Crippen LogP contribution is -2.01. The number of carbonyl (C=O) groups is 1. The van der Waals surface area contributed by atoms with Crippen LogP contribution in [0.5, 0.6) is 5.75 Å². The average molecular weight is 255 g/mol. The van der Waals surface area contributed by atoms with Crippen LogP contribution < -0.4 is 0 Å². The Kier molecular flexibility index (Phi) is 3.11. The Bertz CT molecular complexity index is 583. The molecular formula is C16H17NO2. The van der Waals surface area contributed by atoms with Gasteiger partial charge in [-0.2, -0.15) is 0 Å². The van der Waals surface area contributed by atoms with E-state index in [1.807, 2.05) is 12.1 Å². The van der Waals surface area contributed by atoms with Gasteiger partial charge in [0.2, 0.25) is 0 Å². The molecule has 1 fully saturated rings. The Morgan fingerprint density at radius 2 is 2.16 bits per heavy atom. The van der Waals surface area contributed by atoms with Gasteiger partial charge in [0.25, 0.3) is 0 Å². The molecule has 1 aromatic heterocycles. The normalized spacial score (nSPS) is 14.5. The summed E-state index contributed by atoms with van der Waals surface area (Å²) < 4.78 is 0. The van der Waals surface area contributed by atoms with Gasteiger partial charge in [-0.25, -0.2) is 0 Å². The summed E-state index contributed by atoms with van der Waals surface area (Å²) in [7, 11) is 0. The maximum atomic E-state index is 11.9. The number of phenolic OH excluding ortho intramolecular Hbond substituents is 1. The Labute approximate surface area is 112 Å². The van der Waals surface area contributed by atoms with E-state index in [9.17, 15) is 9.90 Å². The van der Waals surface area contributed by atoms with Gasteiger partial charge in [-0.15, -0.1) is 0 Å². The number of hydrogen-bond acceptors (Lipinski definition) is 2. The molecule has 1 aliphatic carbocycles. The lowest BCUT2D eigenvalue weighted by molar-refractivity contribution is 0.0978. The number of Topliss-reactive ketones (excluding diaryl/α,β-unsaturated/α-hetero) is 1. The standard InChI is InChI=1S/C16H17NO2/c18-15-7-3-11(10-13(15)12-5-6-12)4-8-16(19)14-2-1-9-17-14/h1-3,7,9-10,12,17-18H,4-6,8H2. The largest absolute Gasteiger partial charge is 0.508 e. The average Bonchev–Trinajstić information content (AvgIpc) is 3.11. The van der Waals surface area contributed by atoms with E-state index in [0.717, 1.165) is 17.5 Å². The predicted octanol–water partition coefficient (Wildman–Crippen LogP) is 3.41. The lowest BCUT2D eigenvalue weighted by atomic mass is 10.0. The molecule has 98 valence electrons. The molecule has 1 aromatic carbocycles. The van der Waals surface area contributed by atoms with E-state index in [1.54, 1.807) is 18.3 Å². The number of hydrogen-bond donors (Lipinski definition) is 2. The highest BCUT2D eigenvalue weighted by molar-refractivity contribution is 5.94. The number of nitrogens with one attached hydrogen (secondary N) is 1. The van der Waals surface area contributed by atoms with Crippen molar-refractivity contribution in [2.24, 2.45) is 0 Å². The zero-order valence-electron chi connectivity index (χ0n) is 10.7. The number of ketones is 1. The van der Waals surface area contributed by atoms with Crippen LogP contribution in [0.2, 0.25) is 0 Å². The lowest BCUT2D eigenvalue weighted by Gasteiger charge is -2.06. The zero-order valence-corrected chi connectivity index (χ0v) is 10.7. The van der Waals surface area contributed by atoms with Crippen LogP contribution in [-0.4, -0.2) is 15.9 Å². The highest BCUT2D eigenvalue weighted by Crippen LogP contribution is 2.44. The number of aromatic nitrogens is 1. The smallest absolute Gasteiger partial charge is 0.179 e. The minimum atomic E-state index is 0.131. The van der Waals surface area contributed by atoms with E-state index in [0.29, 0.717) is 23.8 Å². The van der Waals surface area contributed by atoms with E-state index in [4.69, 9.17) is 0 Å². The number of carbonyl (C=O) groups excluding carboxylic acids is 1. The number of benzene rings is 1. The van der Waals surface area contributed by atoms with Crippen molar-refractivity contribution < 1.29 is 9.90 Å². The molecule has 0 unspecified atom stereocenters. The van der Waals surface area contributed by atoms with E-state index in [2.05, 4.69) is 11.1 Å². The minimum absolute atomic E-state index is 0.131. The van der Waals surface area contributed by atoms with Crippen molar-refractivity contribution in [3.63, 3.8) is 0 Å². The number of H-pyrrole nitrogens is 1. The first kappa shape index (κ1) is 12.0. The molecule has 0 radical (unpaired) electrons. The number of aromatic amines is 1. The van der Waals surface area contributed by atoms with Crippen molar-refractivity contribution in [1.29, 1.82) is 0 Å². The summed E-state index contributed by atoms with van der Waals surface area (Å²) in [5.41, 5.74) is 2.84. The van der Waals surface area contributed by atoms with Crippen LogP contribution in [0.1, 0.15) is 46.8 Å². The summed E-state index contributed by atoms with van der Waals surface area (Å²) in [5, 5.41) is 9.80. The van der Waals surface area contributed by atoms with Crippen LogP contribution >= 0.6 is 0 Å². The van der Waals surface area contributed by atoms with Gasteiger partial charge in [-0.05, 0) is 54.5 Å². The van der Waals surface area contributed by atoms with Gasteiger partial charge >= 0.3 is 0 Å². The third-order valence-corrected chi connectivity index (χ3v) is 3.65. The molecule has 19 heavy (non-hydrogen) atoms. The summed E-state index contributed by atoms with van der Waals surface area (Å²) in [6, 6.07) is 9.34. The fourth-order valence-corrected chi connectivity index (χ4v) is 2.38. The van der Waals surface area contributed by atoms with Gasteiger partial charge in [-0.1, -0.05) is 12.1 Å². The maximum absolute atomic E-state index is 11.9. The first-order valence-electron chi connectivity index (χ1n) is 6.72. The van der Waals surface area contributed by atoms with E-state index < -0.39 is 0 Å². The molecule has 0 saturated heterocycles. The Morgan fingerprint density at radius 3 is 2.84 bits per heavy atom. The van der Waals surface area contributed by atoms with Crippen molar-refractivity contribution in [1.82, 2.24) is 4.98 Å².